The normalized spacial score (nSPS) is 29.6. The highest BCUT2D eigenvalue weighted by molar-refractivity contribution is 7.15. The van der Waals surface area contributed by atoms with Gasteiger partial charge in [-0.25, -0.2) is 4.79 Å². The molecule has 2 aromatic rings. The van der Waals surface area contributed by atoms with E-state index in [4.69, 9.17) is 4.74 Å². The number of carbonyl (C=O) groups is 2. The minimum atomic E-state index is -0.367. The lowest BCUT2D eigenvalue weighted by Crippen LogP contribution is -2.51. The van der Waals surface area contributed by atoms with Crippen molar-refractivity contribution in [2.45, 2.75) is 45.4 Å². The minimum Gasteiger partial charge on any atom is -0.462 e. The summed E-state index contributed by atoms with van der Waals surface area (Å²) < 4.78 is 5.34. The van der Waals surface area contributed by atoms with Gasteiger partial charge in [-0.3, -0.25) is 4.79 Å². The molecule has 4 nitrogen and oxygen atoms in total. The summed E-state index contributed by atoms with van der Waals surface area (Å²) in [6.07, 6.45) is 6.94. The molecular weight excluding hydrogens is 382 g/mol. The van der Waals surface area contributed by atoms with Gasteiger partial charge in [-0.1, -0.05) is 30.3 Å². The van der Waals surface area contributed by atoms with Crippen molar-refractivity contribution in [3.05, 3.63) is 41.3 Å². The van der Waals surface area contributed by atoms with Crippen molar-refractivity contribution < 1.29 is 14.3 Å². The van der Waals surface area contributed by atoms with E-state index in [1.807, 2.05) is 35.7 Å². The Balaban J connectivity index is 1.46. The van der Waals surface area contributed by atoms with Crippen molar-refractivity contribution in [3.63, 3.8) is 0 Å². The molecule has 4 aliphatic rings. The third-order valence-electron chi connectivity index (χ3n) is 7.10. The number of anilines is 1. The summed E-state index contributed by atoms with van der Waals surface area (Å²) in [7, 11) is 0. The van der Waals surface area contributed by atoms with E-state index in [1.165, 1.54) is 30.6 Å². The molecule has 5 heteroatoms. The number of nitrogens with one attached hydrogen (secondary N) is 1. The summed E-state index contributed by atoms with van der Waals surface area (Å²) in [4.78, 5) is 26.3. The zero-order valence-electron chi connectivity index (χ0n) is 16.8. The van der Waals surface area contributed by atoms with Crippen LogP contribution in [0.25, 0.3) is 11.1 Å². The summed E-state index contributed by atoms with van der Waals surface area (Å²) in [5.41, 5.74) is 2.04. The third-order valence-corrected chi connectivity index (χ3v) is 8.00. The van der Waals surface area contributed by atoms with Crippen LogP contribution in [0, 0.1) is 23.2 Å². The number of thiophene rings is 1. The fourth-order valence-corrected chi connectivity index (χ4v) is 7.26. The van der Waals surface area contributed by atoms with E-state index in [0.29, 0.717) is 34.9 Å². The van der Waals surface area contributed by atoms with Crippen LogP contribution < -0.4 is 5.32 Å². The fourth-order valence-electron chi connectivity index (χ4n) is 6.31. The molecule has 1 amide bonds. The van der Waals surface area contributed by atoms with Gasteiger partial charge in [0.25, 0.3) is 0 Å². The van der Waals surface area contributed by atoms with Gasteiger partial charge < -0.3 is 10.1 Å². The average molecular weight is 410 g/mol. The van der Waals surface area contributed by atoms with Gasteiger partial charge in [0, 0.05) is 10.9 Å². The lowest BCUT2D eigenvalue weighted by molar-refractivity contribution is -0.140. The number of hydrogen-bond donors (Lipinski definition) is 1. The highest BCUT2D eigenvalue weighted by Gasteiger charge is 2.54. The maximum Gasteiger partial charge on any atom is 0.341 e. The first-order valence-electron chi connectivity index (χ1n) is 10.7. The van der Waals surface area contributed by atoms with Gasteiger partial charge in [0.05, 0.1) is 12.0 Å². The first kappa shape index (κ1) is 18.9. The van der Waals surface area contributed by atoms with Crippen LogP contribution in [-0.2, 0) is 9.53 Å². The molecule has 1 heterocycles. The van der Waals surface area contributed by atoms with Gasteiger partial charge in [-0.15, -0.1) is 11.3 Å². The van der Waals surface area contributed by atoms with E-state index in [0.717, 1.165) is 30.4 Å². The molecular formula is C24H27NO3S. The Morgan fingerprint density at radius 3 is 2.28 bits per heavy atom. The van der Waals surface area contributed by atoms with E-state index in [9.17, 15) is 9.59 Å². The van der Waals surface area contributed by atoms with E-state index in [2.05, 4.69) is 5.32 Å². The van der Waals surface area contributed by atoms with Crippen LogP contribution >= 0.6 is 11.3 Å². The van der Waals surface area contributed by atoms with Crippen molar-refractivity contribution in [3.8, 4) is 11.1 Å². The van der Waals surface area contributed by atoms with Gasteiger partial charge >= 0.3 is 5.97 Å². The van der Waals surface area contributed by atoms with Crippen LogP contribution in [0.3, 0.4) is 0 Å². The fraction of sp³-hybridized carbons (Fsp3) is 0.500. The summed E-state index contributed by atoms with van der Waals surface area (Å²) in [5.74, 6) is 1.87. The zero-order chi connectivity index (χ0) is 20.0. The lowest BCUT2D eigenvalue weighted by Gasteiger charge is -2.55. The van der Waals surface area contributed by atoms with Crippen LogP contribution in [0.4, 0.5) is 5.00 Å². The maximum absolute atomic E-state index is 13.5. The quantitative estimate of drug-likeness (QED) is 0.640. The van der Waals surface area contributed by atoms with Crippen LogP contribution in [-0.4, -0.2) is 18.5 Å². The summed E-state index contributed by atoms with van der Waals surface area (Å²) >= 11 is 1.42. The number of rotatable bonds is 5. The zero-order valence-corrected chi connectivity index (χ0v) is 17.6. The van der Waals surface area contributed by atoms with Crippen molar-refractivity contribution in [2.75, 3.05) is 11.9 Å². The Kier molecular flexibility index (Phi) is 4.73. The molecule has 1 N–H and O–H groups in total. The minimum absolute atomic E-state index is 0.114. The van der Waals surface area contributed by atoms with Gasteiger partial charge in [0.1, 0.15) is 10.6 Å². The number of ether oxygens (including phenoxy) is 1. The molecule has 4 saturated carbocycles. The second kappa shape index (κ2) is 7.28. The molecule has 1 aromatic heterocycles. The second-order valence-corrected chi connectivity index (χ2v) is 9.97. The maximum atomic E-state index is 13.5. The van der Waals surface area contributed by atoms with E-state index >= 15 is 0 Å². The van der Waals surface area contributed by atoms with Gasteiger partial charge in [-0.2, -0.15) is 0 Å². The molecule has 1 aromatic carbocycles. The molecule has 0 aliphatic heterocycles. The lowest BCUT2D eigenvalue weighted by atomic mass is 9.49. The van der Waals surface area contributed by atoms with Gasteiger partial charge in [-0.05, 0) is 68.8 Å². The van der Waals surface area contributed by atoms with Crippen LogP contribution in [0.2, 0.25) is 0 Å². The second-order valence-electron chi connectivity index (χ2n) is 9.09. The predicted octanol–water partition coefficient (Wildman–Crippen LogP) is 5.75. The Hall–Kier alpha value is -2.14. The third kappa shape index (κ3) is 3.29. The summed E-state index contributed by atoms with van der Waals surface area (Å²) in [6, 6.07) is 9.83. The van der Waals surface area contributed by atoms with Gasteiger partial charge in [0.15, 0.2) is 0 Å². The van der Waals surface area contributed by atoms with E-state index < -0.39 is 0 Å². The molecule has 0 saturated heterocycles. The van der Waals surface area contributed by atoms with Crippen LogP contribution in [0.1, 0.15) is 55.8 Å². The largest absolute Gasteiger partial charge is 0.462 e. The van der Waals surface area contributed by atoms with Crippen LogP contribution in [0.5, 0.6) is 0 Å². The molecule has 29 heavy (non-hydrogen) atoms. The SMILES string of the molecule is CCOC(=O)c1c(-c2ccccc2)csc1NC(=O)C12CC3CC(CC(C3)C1)C2. The topological polar surface area (TPSA) is 55.4 Å². The number of carbonyl (C=O) groups excluding carboxylic acids is 2. The first-order chi connectivity index (χ1) is 14.1. The molecule has 0 unspecified atom stereocenters. The molecule has 4 bridgehead atoms. The molecule has 0 spiro atoms. The number of hydrogen-bond acceptors (Lipinski definition) is 4. The molecule has 152 valence electrons. The molecule has 4 fully saturated rings. The van der Waals surface area contributed by atoms with Crippen molar-refractivity contribution >= 4 is 28.2 Å². The molecule has 6 rings (SSSR count). The smallest absolute Gasteiger partial charge is 0.341 e. The van der Waals surface area contributed by atoms with Gasteiger partial charge in [0.2, 0.25) is 5.91 Å². The predicted molar refractivity (Wildman–Crippen MR) is 115 cm³/mol. The Morgan fingerprint density at radius 1 is 1.07 bits per heavy atom. The highest BCUT2D eigenvalue weighted by atomic mass is 32.1. The first-order valence-corrected chi connectivity index (χ1v) is 11.6. The monoisotopic (exact) mass is 409 g/mol. The molecule has 0 atom stereocenters. The van der Waals surface area contributed by atoms with E-state index in [1.54, 1.807) is 6.92 Å². The number of esters is 1. The standard InChI is InChI=1S/C24H27NO3S/c1-2-28-22(26)20-19(18-6-4-3-5-7-18)14-29-21(20)25-23(27)24-11-15-8-16(12-24)10-17(9-15)13-24/h3-7,14-17H,2,8-13H2,1H3,(H,25,27). The van der Waals surface area contributed by atoms with Crippen LogP contribution in [0.15, 0.2) is 35.7 Å². The number of amides is 1. The summed E-state index contributed by atoms with van der Waals surface area (Å²) in [6.45, 7) is 2.12. The van der Waals surface area contributed by atoms with Crippen molar-refractivity contribution in [1.82, 2.24) is 0 Å². The van der Waals surface area contributed by atoms with Crippen molar-refractivity contribution in [2.24, 2.45) is 23.2 Å². The Labute approximate surface area is 175 Å². The van der Waals surface area contributed by atoms with E-state index in [-0.39, 0.29) is 17.3 Å². The Morgan fingerprint density at radius 2 is 1.69 bits per heavy atom. The summed E-state index contributed by atoms with van der Waals surface area (Å²) in [5, 5.41) is 5.76. The average Bonchev–Trinajstić information content (AvgIpc) is 3.11. The highest BCUT2D eigenvalue weighted by Crippen LogP contribution is 2.60. The van der Waals surface area contributed by atoms with Crippen molar-refractivity contribution in [1.29, 1.82) is 0 Å². The molecule has 0 radical (unpaired) electrons. The number of benzene rings is 1. The Bertz CT molecular complexity index is 898. The molecule has 4 aliphatic carbocycles.